The van der Waals surface area contributed by atoms with Gasteiger partial charge in [-0.05, 0) is 53.5 Å². The van der Waals surface area contributed by atoms with E-state index in [4.69, 9.17) is 13.9 Å². The van der Waals surface area contributed by atoms with Crippen molar-refractivity contribution in [3.63, 3.8) is 0 Å². The molecule has 2 rings (SSSR count). The number of amides is 1. The Hall–Kier alpha value is -2.54. The van der Waals surface area contributed by atoms with E-state index in [0.717, 1.165) is 10.0 Å². The van der Waals surface area contributed by atoms with Crippen LogP contribution in [0.25, 0.3) is 0 Å². The van der Waals surface area contributed by atoms with E-state index in [-0.39, 0.29) is 5.91 Å². The summed E-state index contributed by atoms with van der Waals surface area (Å²) in [6.45, 7) is 8.10. The largest absolute Gasteiger partial charge is 0.490 e. The molecule has 1 N–H and O–H groups in total. The van der Waals surface area contributed by atoms with Crippen LogP contribution in [0.3, 0.4) is 0 Å². The Labute approximate surface area is 154 Å². The molecule has 0 atom stereocenters. The Bertz CT molecular complexity index is 783. The number of hydrogen-bond donors (Lipinski definition) is 1. The molecule has 6 nitrogen and oxygen atoms in total. The average Bonchev–Trinajstić information content (AvgIpc) is 3.00. The zero-order chi connectivity index (χ0) is 18.2. The first kappa shape index (κ1) is 18.8. The van der Waals surface area contributed by atoms with Crippen molar-refractivity contribution < 1.29 is 18.7 Å². The van der Waals surface area contributed by atoms with Crippen LogP contribution >= 0.6 is 15.9 Å². The lowest BCUT2D eigenvalue weighted by atomic mass is 10.2. The minimum absolute atomic E-state index is 0.336. The number of halogens is 1. The third-order valence-electron chi connectivity index (χ3n) is 3.16. The van der Waals surface area contributed by atoms with Gasteiger partial charge >= 0.3 is 0 Å². The number of hydrazone groups is 1. The molecule has 0 aliphatic carbocycles. The standard InChI is InChI=1S/C18H19BrN2O4/c1-4-7-25-17-15(19)9-13(10-16(17)23-5-2)11-20-21-18(22)14-6-8-24-12(14)3/h4,6,8-11H,1,5,7H2,2-3H3,(H,21,22)/b20-11-. The molecule has 1 aromatic heterocycles. The van der Waals surface area contributed by atoms with Crippen LogP contribution in [-0.4, -0.2) is 25.3 Å². The first-order chi connectivity index (χ1) is 12.1. The summed E-state index contributed by atoms with van der Waals surface area (Å²) in [5.41, 5.74) is 3.65. The lowest BCUT2D eigenvalue weighted by Crippen LogP contribution is -2.17. The van der Waals surface area contributed by atoms with Crippen LogP contribution in [0, 0.1) is 6.92 Å². The van der Waals surface area contributed by atoms with Crippen LogP contribution < -0.4 is 14.9 Å². The van der Waals surface area contributed by atoms with Crippen LogP contribution in [0.5, 0.6) is 11.5 Å². The topological polar surface area (TPSA) is 73.1 Å². The first-order valence-electron chi connectivity index (χ1n) is 7.64. The molecule has 0 unspecified atom stereocenters. The fourth-order valence-electron chi connectivity index (χ4n) is 2.05. The number of rotatable bonds is 8. The summed E-state index contributed by atoms with van der Waals surface area (Å²) in [4.78, 5) is 12.0. The van der Waals surface area contributed by atoms with Gasteiger partial charge in [-0.25, -0.2) is 5.43 Å². The second-order valence-corrected chi connectivity index (χ2v) is 5.81. The molecule has 1 heterocycles. The zero-order valence-electron chi connectivity index (χ0n) is 14.0. The number of furan rings is 1. The monoisotopic (exact) mass is 406 g/mol. The molecular formula is C18H19BrN2O4. The van der Waals surface area contributed by atoms with Gasteiger partial charge in [0.2, 0.25) is 0 Å². The lowest BCUT2D eigenvalue weighted by molar-refractivity contribution is 0.0953. The molecule has 0 bridgehead atoms. The molecule has 0 aliphatic rings. The molecule has 0 fully saturated rings. The van der Waals surface area contributed by atoms with Crippen LogP contribution in [0.2, 0.25) is 0 Å². The highest BCUT2D eigenvalue weighted by Crippen LogP contribution is 2.36. The predicted octanol–water partition coefficient (Wildman–Crippen LogP) is 4.08. The third kappa shape index (κ3) is 4.96. The number of benzene rings is 1. The van der Waals surface area contributed by atoms with Crippen LogP contribution in [0.4, 0.5) is 0 Å². The maximum Gasteiger partial charge on any atom is 0.274 e. The summed E-state index contributed by atoms with van der Waals surface area (Å²) in [6, 6.07) is 5.20. The van der Waals surface area contributed by atoms with Crippen molar-refractivity contribution in [2.24, 2.45) is 5.10 Å². The molecule has 25 heavy (non-hydrogen) atoms. The van der Waals surface area contributed by atoms with Crippen molar-refractivity contribution in [1.82, 2.24) is 5.43 Å². The molecule has 0 spiro atoms. The molecule has 132 valence electrons. The molecule has 0 aliphatic heterocycles. The summed E-state index contributed by atoms with van der Waals surface area (Å²) in [7, 11) is 0. The van der Waals surface area contributed by atoms with E-state index in [9.17, 15) is 4.79 Å². The van der Waals surface area contributed by atoms with Crippen molar-refractivity contribution in [1.29, 1.82) is 0 Å². The quantitative estimate of drug-likeness (QED) is 0.407. The maximum atomic E-state index is 12.0. The Kier molecular flexibility index (Phi) is 6.82. The number of ether oxygens (including phenoxy) is 2. The van der Waals surface area contributed by atoms with E-state index < -0.39 is 0 Å². The molecule has 0 saturated carbocycles. The lowest BCUT2D eigenvalue weighted by Gasteiger charge is -2.13. The number of aryl methyl sites for hydroxylation is 1. The van der Waals surface area contributed by atoms with E-state index in [1.54, 1.807) is 25.1 Å². The van der Waals surface area contributed by atoms with Crippen molar-refractivity contribution in [3.05, 3.63) is 58.5 Å². The summed E-state index contributed by atoms with van der Waals surface area (Å²) < 4.78 is 17.0. The van der Waals surface area contributed by atoms with Gasteiger partial charge in [-0.3, -0.25) is 4.79 Å². The van der Waals surface area contributed by atoms with Gasteiger partial charge in [0.15, 0.2) is 11.5 Å². The fraction of sp³-hybridized carbons (Fsp3) is 0.222. The molecule has 0 saturated heterocycles. The third-order valence-corrected chi connectivity index (χ3v) is 3.75. The van der Waals surface area contributed by atoms with Crippen molar-refractivity contribution in [2.75, 3.05) is 13.2 Å². The Morgan fingerprint density at radius 3 is 2.88 bits per heavy atom. The molecule has 7 heteroatoms. The van der Waals surface area contributed by atoms with Crippen LogP contribution in [0.1, 0.15) is 28.6 Å². The van der Waals surface area contributed by atoms with Crippen LogP contribution in [0.15, 0.2) is 51.1 Å². The minimum Gasteiger partial charge on any atom is -0.490 e. The molecule has 1 amide bonds. The summed E-state index contributed by atoms with van der Waals surface area (Å²) in [5, 5.41) is 3.97. The van der Waals surface area contributed by atoms with Gasteiger partial charge in [0.25, 0.3) is 5.91 Å². The van der Waals surface area contributed by atoms with E-state index >= 15 is 0 Å². The second-order valence-electron chi connectivity index (χ2n) is 4.95. The minimum atomic E-state index is -0.336. The molecule has 2 aromatic rings. The van der Waals surface area contributed by atoms with Gasteiger partial charge in [0.05, 0.1) is 29.1 Å². The van der Waals surface area contributed by atoms with Crippen molar-refractivity contribution in [3.8, 4) is 11.5 Å². The fourth-order valence-corrected chi connectivity index (χ4v) is 2.63. The van der Waals surface area contributed by atoms with Crippen LogP contribution in [-0.2, 0) is 0 Å². The average molecular weight is 407 g/mol. The molecular weight excluding hydrogens is 388 g/mol. The Morgan fingerprint density at radius 1 is 1.44 bits per heavy atom. The van der Waals surface area contributed by atoms with Gasteiger partial charge in [0, 0.05) is 0 Å². The number of carbonyl (C=O) groups excluding carboxylic acids is 1. The first-order valence-corrected chi connectivity index (χ1v) is 8.43. The highest BCUT2D eigenvalue weighted by Gasteiger charge is 2.12. The Morgan fingerprint density at radius 2 is 2.24 bits per heavy atom. The van der Waals surface area contributed by atoms with Gasteiger partial charge in [0.1, 0.15) is 12.4 Å². The predicted molar refractivity (Wildman–Crippen MR) is 99.5 cm³/mol. The van der Waals surface area contributed by atoms with Gasteiger partial charge in [-0.1, -0.05) is 12.7 Å². The van der Waals surface area contributed by atoms with Gasteiger partial charge < -0.3 is 13.9 Å². The van der Waals surface area contributed by atoms with Crippen molar-refractivity contribution in [2.45, 2.75) is 13.8 Å². The molecule has 1 aromatic carbocycles. The SMILES string of the molecule is C=CCOc1c(Br)cc(/C=N\NC(=O)c2ccoc2C)cc1OCC. The summed E-state index contributed by atoms with van der Waals surface area (Å²) >= 11 is 3.46. The zero-order valence-corrected chi connectivity index (χ0v) is 15.6. The smallest absolute Gasteiger partial charge is 0.274 e. The maximum absolute atomic E-state index is 12.0. The van der Waals surface area contributed by atoms with Gasteiger partial charge in [-0.15, -0.1) is 0 Å². The van der Waals surface area contributed by atoms with E-state index in [1.165, 1.54) is 12.5 Å². The van der Waals surface area contributed by atoms with E-state index in [2.05, 4.69) is 33.0 Å². The second kappa shape index (κ2) is 9.08. The highest BCUT2D eigenvalue weighted by molar-refractivity contribution is 9.10. The van der Waals surface area contributed by atoms with E-state index in [0.29, 0.717) is 36.0 Å². The normalized spacial score (nSPS) is 10.7. The molecule has 0 radical (unpaired) electrons. The number of hydrogen-bond acceptors (Lipinski definition) is 5. The van der Waals surface area contributed by atoms with Gasteiger partial charge in [-0.2, -0.15) is 5.10 Å². The summed E-state index contributed by atoms with van der Waals surface area (Å²) in [5.74, 6) is 1.38. The number of nitrogens with zero attached hydrogens (tertiary/aromatic N) is 1. The van der Waals surface area contributed by atoms with Crippen molar-refractivity contribution >= 4 is 28.1 Å². The number of nitrogens with one attached hydrogen (secondary N) is 1. The Balaban J connectivity index is 2.14. The number of carbonyl (C=O) groups is 1. The highest BCUT2D eigenvalue weighted by atomic mass is 79.9. The van der Waals surface area contributed by atoms with E-state index in [1.807, 2.05) is 13.0 Å². The summed E-state index contributed by atoms with van der Waals surface area (Å²) in [6.07, 6.45) is 4.64.